The molecule has 0 fully saturated rings. The number of carbonyl (C=O) groups is 2. The van der Waals surface area contributed by atoms with Crippen LogP contribution in [0.1, 0.15) is 140 Å². The van der Waals surface area contributed by atoms with E-state index in [0.29, 0.717) is 42.3 Å². The van der Waals surface area contributed by atoms with Crippen LogP contribution in [0.15, 0.2) is 72.8 Å². The lowest BCUT2D eigenvalue weighted by Gasteiger charge is -2.20. The summed E-state index contributed by atoms with van der Waals surface area (Å²) in [4.78, 5) is 23.2. The Labute approximate surface area is 348 Å². The van der Waals surface area contributed by atoms with Crippen molar-refractivity contribution >= 4 is 29.0 Å². The molecule has 0 spiro atoms. The maximum Gasteiger partial charge on any atom is 0.311 e. The largest absolute Gasteiger partial charge is 0.461 e. The van der Waals surface area contributed by atoms with Crippen LogP contribution in [0.5, 0.6) is 0 Å². The quantitative estimate of drug-likeness (QED) is 0.132. The summed E-state index contributed by atoms with van der Waals surface area (Å²) in [6.07, 6.45) is 2.52. The fraction of sp³-hybridized carbons (Fsp3) is 0.600. The first kappa shape index (κ1) is 51.0. The Hall–Kier alpha value is -4.00. The van der Waals surface area contributed by atoms with E-state index in [1.165, 1.54) is 11.3 Å². The molecule has 0 saturated heterocycles. The molecule has 0 bridgehead atoms. The molecular formula is C50H81N3O4. The molecule has 0 aromatic heterocycles. The maximum absolute atomic E-state index is 11.7. The van der Waals surface area contributed by atoms with E-state index in [0.717, 1.165) is 55.0 Å². The lowest BCUT2D eigenvalue weighted by atomic mass is 9.88. The fourth-order valence-electron chi connectivity index (χ4n) is 4.85. The lowest BCUT2D eigenvalue weighted by Crippen LogP contribution is -2.22. The third-order valence-electron chi connectivity index (χ3n) is 8.26. The van der Waals surface area contributed by atoms with E-state index in [1.807, 2.05) is 69.3 Å². The first-order valence-electron chi connectivity index (χ1n) is 21.0. The number of hydrogen-bond donors (Lipinski definition) is 3. The minimum absolute atomic E-state index is 0.110. The molecule has 3 aromatic rings. The van der Waals surface area contributed by atoms with Crippen LogP contribution in [0.4, 0.5) is 17.1 Å². The molecule has 0 atom stereocenters. The lowest BCUT2D eigenvalue weighted by molar-refractivity contribution is -0.154. The van der Waals surface area contributed by atoms with Gasteiger partial charge in [-0.1, -0.05) is 126 Å². The molecule has 0 saturated carbocycles. The highest BCUT2D eigenvalue weighted by molar-refractivity contribution is 5.75. The Morgan fingerprint density at radius 2 is 0.895 bits per heavy atom. The molecule has 0 heterocycles. The van der Waals surface area contributed by atoms with Gasteiger partial charge in [0.25, 0.3) is 0 Å². The van der Waals surface area contributed by atoms with Gasteiger partial charge in [-0.25, -0.2) is 0 Å². The van der Waals surface area contributed by atoms with Gasteiger partial charge in [0.1, 0.15) is 13.2 Å². The van der Waals surface area contributed by atoms with Crippen molar-refractivity contribution in [3.8, 4) is 0 Å². The van der Waals surface area contributed by atoms with Gasteiger partial charge < -0.3 is 25.4 Å². The van der Waals surface area contributed by atoms with Crippen molar-refractivity contribution in [2.75, 3.05) is 35.6 Å². The molecule has 57 heavy (non-hydrogen) atoms. The van der Waals surface area contributed by atoms with Crippen molar-refractivity contribution in [2.24, 2.45) is 33.5 Å². The molecular weight excluding hydrogens is 707 g/mol. The second-order valence-corrected chi connectivity index (χ2v) is 20.9. The molecule has 3 N–H and O–H groups in total. The topological polar surface area (TPSA) is 88.7 Å². The molecule has 0 amide bonds. The molecule has 0 unspecified atom stereocenters. The van der Waals surface area contributed by atoms with E-state index in [2.05, 4.69) is 130 Å². The second-order valence-electron chi connectivity index (χ2n) is 20.9. The second kappa shape index (κ2) is 24.0. The van der Waals surface area contributed by atoms with E-state index in [4.69, 9.17) is 9.47 Å². The highest BCUT2D eigenvalue weighted by Crippen LogP contribution is 2.23. The zero-order chi connectivity index (χ0) is 43.5. The molecule has 3 rings (SSSR count). The Morgan fingerprint density at radius 3 is 1.25 bits per heavy atom. The molecule has 0 aliphatic rings. The Balaban J connectivity index is 0.000000429. The van der Waals surface area contributed by atoms with Crippen molar-refractivity contribution in [1.82, 2.24) is 0 Å². The number of ether oxygens (including phenoxy) is 2. The summed E-state index contributed by atoms with van der Waals surface area (Å²) >= 11 is 0. The average molecular weight is 788 g/mol. The van der Waals surface area contributed by atoms with E-state index in [-0.39, 0.29) is 17.4 Å². The van der Waals surface area contributed by atoms with Crippen LogP contribution in [0.25, 0.3) is 0 Å². The summed E-state index contributed by atoms with van der Waals surface area (Å²) in [6.45, 7) is 37.9. The van der Waals surface area contributed by atoms with E-state index < -0.39 is 5.41 Å². The molecule has 7 nitrogen and oxygen atoms in total. The number of anilines is 3. The van der Waals surface area contributed by atoms with Gasteiger partial charge in [0, 0.05) is 43.1 Å². The summed E-state index contributed by atoms with van der Waals surface area (Å²) < 4.78 is 10.5. The van der Waals surface area contributed by atoms with Gasteiger partial charge in [-0.3, -0.25) is 9.59 Å². The summed E-state index contributed by atoms with van der Waals surface area (Å²) in [5.74, 6) is 0.874. The number of hydrogen-bond acceptors (Lipinski definition) is 7. The maximum atomic E-state index is 11.7. The fourth-order valence-corrected chi connectivity index (χ4v) is 4.85. The van der Waals surface area contributed by atoms with Gasteiger partial charge in [0.15, 0.2) is 0 Å². The monoisotopic (exact) mass is 788 g/mol. The zero-order valence-electron chi connectivity index (χ0n) is 38.9. The van der Waals surface area contributed by atoms with Crippen LogP contribution in [0, 0.1) is 33.5 Å². The number of esters is 2. The summed E-state index contributed by atoms with van der Waals surface area (Å²) in [7, 11) is 0. The Bertz CT molecular complexity index is 1550. The summed E-state index contributed by atoms with van der Waals surface area (Å²) in [6, 6.07) is 24.9. The van der Waals surface area contributed by atoms with Crippen LogP contribution >= 0.6 is 0 Å². The van der Waals surface area contributed by atoms with Crippen LogP contribution in [0.3, 0.4) is 0 Å². The van der Waals surface area contributed by atoms with Gasteiger partial charge in [-0.05, 0) is 115 Å². The van der Waals surface area contributed by atoms with Gasteiger partial charge in [0.05, 0.1) is 5.41 Å². The zero-order valence-corrected chi connectivity index (χ0v) is 38.9. The van der Waals surface area contributed by atoms with E-state index in [9.17, 15) is 9.59 Å². The Kier molecular flexibility index (Phi) is 21.5. The van der Waals surface area contributed by atoms with E-state index in [1.54, 1.807) is 0 Å². The Morgan fingerprint density at radius 1 is 0.509 bits per heavy atom. The van der Waals surface area contributed by atoms with Gasteiger partial charge in [-0.15, -0.1) is 0 Å². The van der Waals surface area contributed by atoms with Crippen molar-refractivity contribution < 1.29 is 19.1 Å². The molecule has 0 radical (unpaired) electrons. The average Bonchev–Trinajstić information content (AvgIpc) is 3.09. The molecule has 3 aromatic carbocycles. The van der Waals surface area contributed by atoms with E-state index >= 15 is 0 Å². The van der Waals surface area contributed by atoms with Gasteiger partial charge >= 0.3 is 11.9 Å². The predicted molar refractivity (Wildman–Crippen MR) is 245 cm³/mol. The SMILES string of the molecule is CC(C)(C)CNc1ccc(CC(C)(C)C)cc1.CC(C)(C)CNc1ccc(COC(=O)C(C)(C)C)cc1.CC(C)CCC(=O)OCc1ccc(NCC(C)C)cc1. The highest BCUT2D eigenvalue weighted by Gasteiger charge is 2.23. The van der Waals surface area contributed by atoms with Crippen molar-refractivity contribution in [3.63, 3.8) is 0 Å². The van der Waals surface area contributed by atoms with Gasteiger partial charge in [0.2, 0.25) is 0 Å². The third kappa shape index (κ3) is 27.3. The van der Waals surface area contributed by atoms with Crippen LogP contribution in [-0.4, -0.2) is 31.6 Å². The standard InChI is InChI=1S/2C17H27NO2.C16H27N/c1-16(2,3)12-18-14-9-7-13(8-10-14)11-20-15(19)17(4,5)6;1-13(2)5-10-17(19)20-12-15-6-8-16(9-7-15)18-11-14(3)4;1-15(2,3)11-13-7-9-14(10-8-13)17-12-16(4,5)6/h7-10,18H,11-12H2,1-6H3;6-9,13-14,18H,5,10-12H2,1-4H3;7-10,17H,11-12H2,1-6H3. The first-order valence-corrected chi connectivity index (χ1v) is 21.0. The highest BCUT2D eigenvalue weighted by atomic mass is 16.5. The normalized spacial score (nSPS) is 11.8. The van der Waals surface area contributed by atoms with Crippen molar-refractivity contribution in [3.05, 3.63) is 89.5 Å². The number of carbonyl (C=O) groups excluding carboxylic acids is 2. The molecule has 7 heteroatoms. The van der Waals surface area contributed by atoms with Crippen LogP contribution in [0.2, 0.25) is 0 Å². The smallest absolute Gasteiger partial charge is 0.311 e. The molecule has 0 aliphatic heterocycles. The number of rotatable bonds is 15. The predicted octanol–water partition coefficient (Wildman–Crippen LogP) is 13.2. The third-order valence-corrected chi connectivity index (χ3v) is 8.26. The first-order chi connectivity index (χ1) is 26.2. The minimum atomic E-state index is -0.450. The van der Waals surface area contributed by atoms with Crippen LogP contribution < -0.4 is 16.0 Å². The summed E-state index contributed by atoms with van der Waals surface area (Å²) in [5, 5.41) is 10.2. The van der Waals surface area contributed by atoms with Crippen molar-refractivity contribution in [2.45, 2.75) is 143 Å². The van der Waals surface area contributed by atoms with Crippen LogP contribution in [-0.2, 0) is 38.7 Å². The number of benzene rings is 3. The van der Waals surface area contributed by atoms with Crippen molar-refractivity contribution in [1.29, 1.82) is 0 Å². The molecule has 0 aliphatic carbocycles. The number of nitrogens with one attached hydrogen (secondary N) is 3. The van der Waals surface area contributed by atoms with Gasteiger partial charge in [-0.2, -0.15) is 0 Å². The molecule has 320 valence electrons. The minimum Gasteiger partial charge on any atom is -0.461 e. The summed E-state index contributed by atoms with van der Waals surface area (Å²) in [5.41, 5.74) is 7.34.